The Morgan fingerprint density at radius 1 is 1.41 bits per heavy atom. The monoisotopic (exact) mass is 439 g/mol. The lowest BCUT2D eigenvalue weighted by atomic mass is 9.96. The van der Waals surface area contributed by atoms with Crippen LogP contribution in [0.3, 0.4) is 0 Å². The number of carbonyl (C=O) groups is 1. The van der Waals surface area contributed by atoms with Crippen LogP contribution in [0.25, 0.3) is 11.0 Å². The van der Waals surface area contributed by atoms with Crippen molar-refractivity contribution in [3.8, 4) is 0 Å². The van der Waals surface area contributed by atoms with E-state index >= 15 is 0 Å². The minimum Gasteiger partial charge on any atom is -0.465 e. The lowest BCUT2D eigenvalue weighted by Gasteiger charge is -2.47. The Hall–Kier alpha value is -1.84. The Balaban J connectivity index is 1.87. The Bertz CT molecular complexity index is 898. The average molecular weight is 440 g/mol. The Labute approximate surface area is 177 Å². The number of halogens is 1. The third-order valence-electron chi connectivity index (χ3n) is 6.19. The molecule has 1 saturated heterocycles. The molecular weight excluding hydrogens is 410 g/mol. The van der Waals surface area contributed by atoms with Gasteiger partial charge < -0.3 is 24.7 Å². The topological polar surface area (TPSA) is 103 Å². The maximum atomic E-state index is 11.9. The van der Waals surface area contributed by atoms with Crippen LogP contribution in [-0.2, 0) is 4.43 Å². The molecule has 1 amide bonds. The van der Waals surface area contributed by atoms with Crippen LogP contribution in [0.15, 0.2) is 12.3 Å². The molecule has 29 heavy (non-hydrogen) atoms. The fraction of sp³-hybridized carbons (Fsp3) is 0.632. The van der Waals surface area contributed by atoms with Crippen LogP contribution in [0.2, 0.25) is 23.4 Å². The number of hydrogen-bond acceptors (Lipinski definition) is 5. The van der Waals surface area contributed by atoms with Gasteiger partial charge in [0.2, 0.25) is 5.28 Å². The molecule has 2 aromatic rings. The fourth-order valence-corrected chi connectivity index (χ4v) is 5.00. The first-order chi connectivity index (χ1) is 13.4. The van der Waals surface area contributed by atoms with Gasteiger partial charge in [0.1, 0.15) is 11.5 Å². The number of likely N-dealkylation sites (tertiary alicyclic amines) is 1. The van der Waals surface area contributed by atoms with Crippen molar-refractivity contribution in [1.82, 2.24) is 19.9 Å². The van der Waals surface area contributed by atoms with Crippen molar-refractivity contribution in [2.75, 3.05) is 11.9 Å². The quantitative estimate of drug-likeness (QED) is 0.476. The highest BCUT2D eigenvalue weighted by molar-refractivity contribution is 6.74. The number of aromatic nitrogens is 3. The third kappa shape index (κ3) is 4.51. The van der Waals surface area contributed by atoms with Gasteiger partial charge in [-0.3, -0.25) is 0 Å². The van der Waals surface area contributed by atoms with Crippen molar-refractivity contribution in [2.24, 2.45) is 0 Å². The van der Waals surface area contributed by atoms with Crippen molar-refractivity contribution >= 4 is 42.9 Å². The van der Waals surface area contributed by atoms with Gasteiger partial charge in [0.25, 0.3) is 0 Å². The van der Waals surface area contributed by atoms with Gasteiger partial charge in [-0.2, -0.15) is 4.98 Å². The molecule has 0 bridgehead atoms. The third-order valence-corrected chi connectivity index (χ3v) is 10.9. The summed E-state index contributed by atoms with van der Waals surface area (Å²) in [7, 11) is -2.06. The molecule has 10 heteroatoms. The zero-order chi connectivity index (χ0) is 21.6. The van der Waals surface area contributed by atoms with Crippen LogP contribution >= 0.6 is 11.6 Å². The predicted octanol–water partition coefficient (Wildman–Crippen LogP) is 4.55. The highest BCUT2D eigenvalue weighted by Crippen LogP contribution is 2.39. The first-order valence-electron chi connectivity index (χ1n) is 9.83. The van der Waals surface area contributed by atoms with Crippen LogP contribution in [0.1, 0.15) is 34.1 Å². The molecule has 0 aliphatic carbocycles. The number of nitrogens with zero attached hydrogens (tertiary/aromatic N) is 3. The Morgan fingerprint density at radius 2 is 2.10 bits per heavy atom. The number of H-pyrrole nitrogens is 1. The maximum Gasteiger partial charge on any atom is 0.407 e. The van der Waals surface area contributed by atoms with Crippen LogP contribution in [-0.4, -0.2) is 64.1 Å². The first-order valence-corrected chi connectivity index (χ1v) is 13.1. The van der Waals surface area contributed by atoms with Crippen LogP contribution in [0, 0.1) is 0 Å². The number of rotatable bonds is 4. The molecule has 1 unspecified atom stereocenters. The standard InChI is InChI=1S/C19H30ClN5O3Si/c1-11-14(28-29(5,6)19(2,3)4)9-12(10-25(11)18(26)27)22-16-13-7-8-21-15(13)23-17(20)24-16/h7-8,11-12,14H,9-10H2,1-6H3,(H,26,27)(H2,21,22,23,24)/t11-,12+,14?/m0/s1. The molecule has 0 saturated carbocycles. The van der Waals surface area contributed by atoms with E-state index < -0.39 is 14.4 Å². The summed E-state index contributed by atoms with van der Waals surface area (Å²) in [5, 5.41) is 14.1. The van der Waals surface area contributed by atoms with Crippen LogP contribution in [0.5, 0.6) is 0 Å². The number of piperidine rings is 1. The van der Waals surface area contributed by atoms with E-state index in [1.54, 1.807) is 6.20 Å². The second-order valence-corrected chi connectivity index (χ2v) is 14.3. The van der Waals surface area contributed by atoms with E-state index in [-0.39, 0.29) is 28.5 Å². The van der Waals surface area contributed by atoms with Crippen LogP contribution in [0.4, 0.5) is 10.6 Å². The second kappa shape index (κ2) is 7.77. The Morgan fingerprint density at radius 3 is 2.72 bits per heavy atom. The summed E-state index contributed by atoms with van der Waals surface area (Å²) in [5.41, 5.74) is 0.640. The lowest BCUT2D eigenvalue weighted by Crippen LogP contribution is -2.59. The number of nitrogens with one attached hydrogen (secondary N) is 2. The molecule has 1 fully saturated rings. The molecule has 1 aliphatic rings. The summed E-state index contributed by atoms with van der Waals surface area (Å²) in [4.78, 5) is 24.9. The average Bonchev–Trinajstić information content (AvgIpc) is 3.04. The second-order valence-electron chi connectivity index (χ2n) is 9.25. The molecule has 160 valence electrons. The van der Waals surface area contributed by atoms with E-state index in [1.807, 2.05) is 13.0 Å². The van der Waals surface area contributed by atoms with Crippen molar-refractivity contribution in [2.45, 2.75) is 70.4 Å². The number of hydrogen-bond donors (Lipinski definition) is 3. The number of carboxylic acid groups (broad SMARTS) is 1. The highest BCUT2D eigenvalue weighted by atomic mass is 35.5. The fourth-order valence-electron chi connectivity index (χ4n) is 3.43. The highest BCUT2D eigenvalue weighted by Gasteiger charge is 2.44. The molecular formula is C19H30ClN5O3Si. The van der Waals surface area contributed by atoms with Gasteiger partial charge in [0, 0.05) is 18.8 Å². The molecule has 3 N–H and O–H groups in total. The summed E-state index contributed by atoms with van der Waals surface area (Å²) in [5.74, 6) is 0.595. The van der Waals surface area contributed by atoms with Crippen molar-refractivity contribution in [3.63, 3.8) is 0 Å². The zero-order valence-electron chi connectivity index (χ0n) is 17.8. The van der Waals surface area contributed by atoms with E-state index in [4.69, 9.17) is 16.0 Å². The molecule has 3 rings (SSSR count). The molecule has 3 heterocycles. The van der Waals surface area contributed by atoms with E-state index in [9.17, 15) is 9.90 Å². The van der Waals surface area contributed by atoms with E-state index in [0.717, 1.165) is 5.39 Å². The largest absolute Gasteiger partial charge is 0.465 e. The number of aromatic amines is 1. The molecule has 0 spiro atoms. The first kappa shape index (κ1) is 21.9. The van der Waals surface area contributed by atoms with Crippen LogP contribution < -0.4 is 5.32 Å². The number of amides is 1. The van der Waals surface area contributed by atoms with E-state index in [2.05, 4.69) is 54.1 Å². The Kier molecular flexibility index (Phi) is 5.86. The minimum absolute atomic E-state index is 0.0403. The molecule has 2 aromatic heterocycles. The summed E-state index contributed by atoms with van der Waals surface area (Å²) in [6, 6.07) is 1.50. The normalized spacial score (nSPS) is 23.4. The molecule has 3 atom stereocenters. The minimum atomic E-state index is -2.06. The van der Waals surface area contributed by atoms with Gasteiger partial charge in [-0.15, -0.1) is 0 Å². The predicted molar refractivity (Wildman–Crippen MR) is 117 cm³/mol. The van der Waals surface area contributed by atoms with Gasteiger partial charge in [-0.05, 0) is 49.1 Å². The van der Waals surface area contributed by atoms with Crippen molar-refractivity contribution in [1.29, 1.82) is 0 Å². The number of fused-ring (bicyclic) bond motifs is 1. The molecule has 8 nitrogen and oxygen atoms in total. The van der Waals surface area contributed by atoms with Gasteiger partial charge in [0.05, 0.1) is 17.5 Å². The number of anilines is 1. The molecule has 0 aromatic carbocycles. The summed E-state index contributed by atoms with van der Waals surface area (Å²) >= 11 is 6.06. The lowest BCUT2D eigenvalue weighted by molar-refractivity contribution is 0.0258. The molecule has 0 radical (unpaired) electrons. The van der Waals surface area contributed by atoms with Gasteiger partial charge in [-0.1, -0.05) is 20.8 Å². The van der Waals surface area contributed by atoms with Gasteiger partial charge in [0.15, 0.2) is 8.32 Å². The summed E-state index contributed by atoms with van der Waals surface area (Å²) in [6.45, 7) is 13.2. The summed E-state index contributed by atoms with van der Waals surface area (Å²) < 4.78 is 6.63. The van der Waals surface area contributed by atoms with Gasteiger partial charge >= 0.3 is 6.09 Å². The van der Waals surface area contributed by atoms with E-state index in [1.165, 1.54) is 4.90 Å². The molecule has 1 aliphatic heterocycles. The summed E-state index contributed by atoms with van der Waals surface area (Å²) in [6.07, 6.45) is 1.32. The van der Waals surface area contributed by atoms with Crippen molar-refractivity contribution < 1.29 is 14.3 Å². The van der Waals surface area contributed by atoms with Crippen molar-refractivity contribution in [3.05, 3.63) is 17.5 Å². The van der Waals surface area contributed by atoms with Gasteiger partial charge in [-0.25, -0.2) is 9.78 Å². The SMILES string of the molecule is C[C@H]1C(O[Si](C)(C)C(C)(C)C)C[C@@H](Nc2nc(Cl)nc3[nH]ccc23)CN1C(=O)O. The van der Waals surface area contributed by atoms with E-state index in [0.29, 0.717) is 24.4 Å². The maximum absolute atomic E-state index is 11.9. The zero-order valence-corrected chi connectivity index (χ0v) is 19.5. The smallest absolute Gasteiger partial charge is 0.407 e.